The van der Waals surface area contributed by atoms with E-state index in [9.17, 15) is 9.59 Å². The predicted molar refractivity (Wildman–Crippen MR) is 137 cm³/mol. The minimum atomic E-state index is -0.738. The Kier molecular flexibility index (Phi) is 6.50. The van der Waals surface area contributed by atoms with Crippen molar-refractivity contribution in [2.45, 2.75) is 6.92 Å². The molecule has 1 fully saturated rings. The van der Waals surface area contributed by atoms with Crippen molar-refractivity contribution in [1.82, 2.24) is 9.97 Å². The smallest absolute Gasteiger partial charge is 0.349 e. The normalized spacial score (nSPS) is 13.4. The number of aromatic nitrogens is 2. The first-order valence-corrected chi connectivity index (χ1v) is 11.5. The number of amides is 1. The number of carbonyl (C=O) groups excluding carboxylic acids is 1. The summed E-state index contributed by atoms with van der Waals surface area (Å²) in [5, 5.41) is 6.61. The molecule has 0 aliphatic carbocycles. The van der Waals surface area contributed by atoms with Gasteiger partial charge in [0, 0.05) is 41.6 Å². The third-order valence-corrected chi connectivity index (χ3v) is 5.74. The van der Waals surface area contributed by atoms with E-state index in [0.717, 1.165) is 24.5 Å². The average Bonchev–Trinajstić information content (AvgIpc) is 2.89. The van der Waals surface area contributed by atoms with E-state index < -0.39 is 11.5 Å². The molecule has 0 unspecified atom stereocenters. The molecule has 5 rings (SSSR count). The molecule has 4 aromatic rings. The minimum absolute atomic E-state index is 0.0925. The second-order valence-electron chi connectivity index (χ2n) is 8.28. The lowest BCUT2D eigenvalue weighted by Gasteiger charge is -2.27. The molecule has 1 amide bonds. The van der Waals surface area contributed by atoms with Crippen LogP contribution in [-0.2, 0) is 4.74 Å². The first-order valence-electron chi connectivity index (χ1n) is 11.5. The Morgan fingerprint density at radius 1 is 1.03 bits per heavy atom. The molecule has 0 radical (unpaired) electrons. The Morgan fingerprint density at radius 3 is 2.53 bits per heavy atom. The van der Waals surface area contributed by atoms with Crippen molar-refractivity contribution in [3.63, 3.8) is 0 Å². The van der Waals surface area contributed by atoms with Gasteiger partial charge in [0.15, 0.2) is 11.3 Å². The van der Waals surface area contributed by atoms with Crippen LogP contribution < -0.4 is 25.9 Å². The number of ether oxygens (including phenoxy) is 2. The van der Waals surface area contributed by atoms with Crippen LogP contribution in [0, 0.1) is 6.92 Å². The molecule has 10 nitrogen and oxygen atoms in total. The zero-order valence-corrected chi connectivity index (χ0v) is 19.9. The Bertz CT molecular complexity index is 1460. The maximum absolute atomic E-state index is 12.8. The molecule has 10 heteroatoms. The van der Waals surface area contributed by atoms with E-state index in [1.165, 1.54) is 13.2 Å². The van der Waals surface area contributed by atoms with E-state index in [1.54, 1.807) is 30.3 Å². The SMILES string of the molecule is COc1cccc2cc(C(=O)Nc3ccc(Nc4cc(C)nc(N5CCOCC5)n4)cc3)c(=O)oc12. The molecule has 2 aromatic carbocycles. The molecule has 0 atom stereocenters. The summed E-state index contributed by atoms with van der Waals surface area (Å²) in [4.78, 5) is 36.5. The number of rotatable bonds is 6. The van der Waals surface area contributed by atoms with Crippen LogP contribution in [0.5, 0.6) is 5.75 Å². The van der Waals surface area contributed by atoms with Gasteiger partial charge >= 0.3 is 5.63 Å². The van der Waals surface area contributed by atoms with Crippen molar-refractivity contribution in [2.75, 3.05) is 48.9 Å². The fraction of sp³-hybridized carbons (Fsp3) is 0.231. The van der Waals surface area contributed by atoms with Crippen molar-refractivity contribution in [1.29, 1.82) is 0 Å². The summed E-state index contributed by atoms with van der Waals surface area (Å²) in [5.74, 6) is 1.20. The highest BCUT2D eigenvalue weighted by Gasteiger charge is 2.17. The van der Waals surface area contributed by atoms with E-state index in [1.807, 2.05) is 25.1 Å². The molecule has 2 aromatic heterocycles. The molecule has 2 N–H and O–H groups in total. The van der Waals surface area contributed by atoms with Crippen molar-refractivity contribution >= 4 is 40.0 Å². The summed E-state index contributed by atoms with van der Waals surface area (Å²) in [5.41, 5.74) is 1.64. The molecule has 1 aliphatic rings. The van der Waals surface area contributed by atoms with Crippen LogP contribution in [0.15, 0.2) is 63.8 Å². The molecule has 0 bridgehead atoms. The predicted octanol–water partition coefficient (Wildman–Crippen LogP) is 3.73. The monoisotopic (exact) mass is 487 g/mol. The fourth-order valence-corrected chi connectivity index (χ4v) is 3.94. The van der Waals surface area contributed by atoms with Gasteiger partial charge in [-0.15, -0.1) is 0 Å². The van der Waals surface area contributed by atoms with Crippen molar-refractivity contribution < 1.29 is 18.7 Å². The second-order valence-corrected chi connectivity index (χ2v) is 8.28. The Balaban J connectivity index is 1.30. The van der Waals surface area contributed by atoms with Crippen LogP contribution in [0.1, 0.15) is 16.1 Å². The molecule has 184 valence electrons. The molecule has 0 spiro atoms. The summed E-state index contributed by atoms with van der Waals surface area (Å²) in [6, 6.07) is 15.7. The molecule has 36 heavy (non-hydrogen) atoms. The zero-order chi connectivity index (χ0) is 25.1. The number of carbonyl (C=O) groups is 1. The van der Waals surface area contributed by atoms with Gasteiger partial charge in [0.2, 0.25) is 5.95 Å². The number of hydrogen-bond acceptors (Lipinski definition) is 9. The number of aryl methyl sites for hydroxylation is 1. The van der Waals surface area contributed by atoms with Gasteiger partial charge in [-0.1, -0.05) is 12.1 Å². The lowest BCUT2D eigenvalue weighted by atomic mass is 10.1. The number of morpholine rings is 1. The van der Waals surface area contributed by atoms with Crippen LogP contribution in [0.3, 0.4) is 0 Å². The topological polar surface area (TPSA) is 119 Å². The highest BCUT2D eigenvalue weighted by Crippen LogP contribution is 2.25. The quantitative estimate of drug-likeness (QED) is 0.392. The maximum Gasteiger partial charge on any atom is 0.349 e. The van der Waals surface area contributed by atoms with Crippen LogP contribution >= 0.6 is 0 Å². The summed E-state index contributed by atoms with van der Waals surface area (Å²) in [6.07, 6.45) is 0. The standard InChI is InChI=1S/C26H25N5O5/c1-16-14-22(30-26(27-16)31-10-12-35-13-11-31)28-18-6-8-19(9-7-18)29-24(32)20-15-17-4-3-5-21(34-2)23(17)36-25(20)33/h3-9,14-15H,10-13H2,1-2H3,(H,29,32)(H,27,28,30). The van der Waals surface area contributed by atoms with Gasteiger partial charge in [0.1, 0.15) is 11.4 Å². The molecule has 1 aliphatic heterocycles. The summed E-state index contributed by atoms with van der Waals surface area (Å²) in [6.45, 7) is 4.74. The van der Waals surface area contributed by atoms with Gasteiger partial charge < -0.3 is 29.4 Å². The average molecular weight is 488 g/mol. The van der Waals surface area contributed by atoms with Gasteiger partial charge in [-0.05, 0) is 43.3 Å². The van der Waals surface area contributed by atoms with Crippen LogP contribution in [0.25, 0.3) is 11.0 Å². The van der Waals surface area contributed by atoms with E-state index in [2.05, 4.69) is 25.5 Å². The van der Waals surface area contributed by atoms with Crippen LogP contribution in [0.4, 0.5) is 23.1 Å². The largest absolute Gasteiger partial charge is 0.493 e. The first-order chi connectivity index (χ1) is 17.5. The number of nitrogens with zero attached hydrogens (tertiary/aromatic N) is 3. The summed E-state index contributed by atoms with van der Waals surface area (Å²) in [7, 11) is 1.49. The Hall–Kier alpha value is -4.44. The van der Waals surface area contributed by atoms with Crippen molar-refractivity contribution in [2.24, 2.45) is 0 Å². The molecule has 1 saturated heterocycles. The van der Waals surface area contributed by atoms with Crippen LogP contribution in [-0.4, -0.2) is 49.3 Å². The third-order valence-electron chi connectivity index (χ3n) is 5.74. The van der Waals surface area contributed by atoms with Gasteiger partial charge in [-0.2, -0.15) is 4.98 Å². The van der Waals surface area contributed by atoms with Crippen molar-refractivity contribution in [3.8, 4) is 5.75 Å². The first kappa shape index (κ1) is 23.3. The van der Waals surface area contributed by atoms with E-state index in [0.29, 0.717) is 47.4 Å². The van der Waals surface area contributed by atoms with Gasteiger partial charge in [-0.25, -0.2) is 9.78 Å². The molecular weight excluding hydrogens is 462 g/mol. The molecule has 3 heterocycles. The van der Waals surface area contributed by atoms with E-state index >= 15 is 0 Å². The van der Waals surface area contributed by atoms with E-state index in [-0.39, 0.29) is 5.56 Å². The molecule has 0 saturated carbocycles. The fourth-order valence-electron chi connectivity index (χ4n) is 3.94. The Morgan fingerprint density at radius 2 is 1.78 bits per heavy atom. The maximum atomic E-state index is 12.8. The number of anilines is 4. The lowest BCUT2D eigenvalue weighted by Crippen LogP contribution is -2.37. The summed E-state index contributed by atoms with van der Waals surface area (Å²) >= 11 is 0. The minimum Gasteiger partial charge on any atom is -0.493 e. The Labute approximate surface area is 206 Å². The molecular formula is C26H25N5O5. The summed E-state index contributed by atoms with van der Waals surface area (Å²) < 4.78 is 16.0. The van der Waals surface area contributed by atoms with Crippen LogP contribution in [0.2, 0.25) is 0 Å². The number of hydrogen-bond donors (Lipinski definition) is 2. The number of fused-ring (bicyclic) bond motifs is 1. The third kappa shape index (κ3) is 4.98. The number of nitrogens with one attached hydrogen (secondary N) is 2. The number of para-hydroxylation sites is 1. The second kappa shape index (κ2) is 10.0. The highest BCUT2D eigenvalue weighted by atomic mass is 16.5. The zero-order valence-electron chi connectivity index (χ0n) is 19.9. The van der Waals surface area contributed by atoms with Crippen molar-refractivity contribution in [3.05, 3.63) is 76.3 Å². The number of benzene rings is 2. The van der Waals surface area contributed by atoms with Gasteiger partial charge in [-0.3, -0.25) is 4.79 Å². The van der Waals surface area contributed by atoms with Gasteiger partial charge in [0.05, 0.1) is 20.3 Å². The number of methoxy groups -OCH3 is 1. The van der Waals surface area contributed by atoms with Gasteiger partial charge in [0.25, 0.3) is 5.91 Å². The van der Waals surface area contributed by atoms with E-state index in [4.69, 9.17) is 13.9 Å². The highest BCUT2D eigenvalue weighted by molar-refractivity contribution is 6.05. The lowest BCUT2D eigenvalue weighted by molar-refractivity contribution is 0.102.